The standard InChI is InChI=1S/C13H12FN3O2S/c1-8-12(20-16-15-8)13(18)17-4-5-19-11-3-2-10(14)6-9(11)7-17/h2-3,6H,4-5,7H2,1H3. The van der Waals surface area contributed by atoms with Crippen LogP contribution < -0.4 is 4.74 Å². The highest BCUT2D eigenvalue weighted by Gasteiger charge is 2.24. The number of amides is 1. The highest BCUT2D eigenvalue weighted by molar-refractivity contribution is 7.07. The summed E-state index contributed by atoms with van der Waals surface area (Å²) >= 11 is 1.08. The number of carbonyl (C=O) groups is 1. The molecule has 1 aliphatic rings. The summed E-state index contributed by atoms with van der Waals surface area (Å²) in [5, 5.41) is 3.84. The van der Waals surface area contributed by atoms with E-state index in [4.69, 9.17) is 4.74 Å². The van der Waals surface area contributed by atoms with E-state index in [1.807, 2.05) is 0 Å². The highest BCUT2D eigenvalue weighted by atomic mass is 32.1. The Kier molecular flexibility index (Phi) is 3.35. The molecule has 0 radical (unpaired) electrons. The summed E-state index contributed by atoms with van der Waals surface area (Å²) in [6.07, 6.45) is 0. The van der Waals surface area contributed by atoms with Crippen LogP contribution in [0, 0.1) is 12.7 Å². The van der Waals surface area contributed by atoms with Crippen molar-refractivity contribution >= 4 is 17.4 Å². The number of fused-ring (bicyclic) bond motifs is 1. The van der Waals surface area contributed by atoms with Crippen molar-refractivity contribution in [3.63, 3.8) is 0 Å². The van der Waals surface area contributed by atoms with Crippen LogP contribution in [0.3, 0.4) is 0 Å². The first-order chi connectivity index (χ1) is 9.65. The Bertz CT molecular complexity index is 659. The van der Waals surface area contributed by atoms with Crippen LogP contribution in [0.1, 0.15) is 20.9 Å². The van der Waals surface area contributed by atoms with Gasteiger partial charge in [-0.3, -0.25) is 4.79 Å². The van der Waals surface area contributed by atoms with Crippen molar-refractivity contribution in [3.8, 4) is 5.75 Å². The Hall–Kier alpha value is -2.02. The number of benzene rings is 1. The highest BCUT2D eigenvalue weighted by Crippen LogP contribution is 2.25. The molecule has 2 heterocycles. The van der Waals surface area contributed by atoms with E-state index in [2.05, 4.69) is 9.59 Å². The molecule has 0 unspecified atom stereocenters. The van der Waals surface area contributed by atoms with Crippen LogP contribution in [0.2, 0.25) is 0 Å². The molecule has 5 nitrogen and oxygen atoms in total. The third-order valence-corrected chi connectivity index (χ3v) is 3.95. The van der Waals surface area contributed by atoms with Crippen LogP contribution >= 0.6 is 11.5 Å². The summed E-state index contributed by atoms with van der Waals surface area (Å²) in [5.41, 5.74) is 1.29. The topological polar surface area (TPSA) is 55.3 Å². The number of carbonyl (C=O) groups excluding carboxylic acids is 1. The average Bonchev–Trinajstić information content (AvgIpc) is 2.73. The van der Waals surface area contributed by atoms with Crippen LogP contribution in [-0.4, -0.2) is 33.5 Å². The number of hydrogen-bond acceptors (Lipinski definition) is 5. The van der Waals surface area contributed by atoms with Crippen LogP contribution in [0.5, 0.6) is 5.75 Å². The first kappa shape index (κ1) is 13.0. The van der Waals surface area contributed by atoms with Crippen molar-refractivity contribution in [3.05, 3.63) is 40.2 Å². The molecule has 0 saturated heterocycles. The van der Waals surface area contributed by atoms with Gasteiger partial charge in [0.15, 0.2) is 0 Å². The lowest BCUT2D eigenvalue weighted by Crippen LogP contribution is -2.32. The predicted molar refractivity (Wildman–Crippen MR) is 71.3 cm³/mol. The van der Waals surface area contributed by atoms with Gasteiger partial charge in [0.1, 0.15) is 23.1 Å². The van der Waals surface area contributed by atoms with Gasteiger partial charge < -0.3 is 9.64 Å². The third kappa shape index (κ3) is 2.36. The van der Waals surface area contributed by atoms with Gasteiger partial charge >= 0.3 is 0 Å². The lowest BCUT2D eigenvalue weighted by molar-refractivity contribution is 0.0737. The number of aromatic nitrogens is 2. The fraction of sp³-hybridized carbons (Fsp3) is 0.308. The number of aryl methyl sites for hydroxylation is 1. The van der Waals surface area contributed by atoms with Crippen LogP contribution in [0.25, 0.3) is 0 Å². The first-order valence-corrected chi connectivity index (χ1v) is 6.92. The molecule has 0 N–H and O–H groups in total. The molecule has 1 aromatic carbocycles. The molecule has 7 heteroatoms. The Balaban J connectivity index is 1.89. The monoisotopic (exact) mass is 293 g/mol. The lowest BCUT2D eigenvalue weighted by Gasteiger charge is -2.18. The van der Waals surface area contributed by atoms with E-state index in [-0.39, 0.29) is 11.7 Å². The van der Waals surface area contributed by atoms with Crippen molar-refractivity contribution in [1.29, 1.82) is 0 Å². The smallest absolute Gasteiger partial charge is 0.267 e. The van der Waals surface area contributed by atoms with Crippen LogP contribution in [-0.2, 0) is 6.54 Å². The molecule has 0 bridgehead atoms. The summed E-state index contributed by atoms with van der Waals surface area (Å²) in [7, 11) is 0. The minimum Gasteiger partial charge on any atom is -0.491 e. The van der Waals surface area contributed by atoms with Gasteiger partial charge in [0, 0.05) is 12.1 Å². The van der Waals surface area contributed by atoms with Crippen molar-refractivity contribution in [2.45, 2.75) is 13.5 Å². The first-order valence-electron chi connectivity index (χ1n) is 6.14. The van der Waals surface area contributed by atoms with E-state index in [1.54, 1.807) is 17.9 Å². The zero-order valence-electron chi connectivity index (χ0n) is 10.8. The Labute approximate surface area is 119 Å². The van der Waals surface area contributed by atoms with Gasteiger partial charge in [-0.2, -0.15) is 0 Å². The number of hydrogen-bond donors (Lipinski definition) is 0. The van der Waals surface area contributed by atoms with Gasteiger partial charge in [-0.05, 0) is 36.7 Å². The van der Waals surface area contributed by atoms with E-state index in [1.165, 1.54) is 12.1 Å². The SMILES string of the molecule is Cc1nnsc1C(=O)N1CCOc2ccc(F)cc2C1. The molecule has 1 aromatic heterocycles. The quantitative estimate of drug-likeness (QED) is 0.807. The minimum absolute atomic E-state index is 0.141. The molecular weight excluding hydrogens is 281 g/mol. The number of rotatable bonds is 1. The van der Waals surface area contributed by atoms with Gasteiger partial charge in [0.05, 0.1) is 12.2 Å². The summed E-state index contributed by atoms with van der Waals surface area (Å²) in [6, 6.07) is 4.35. The van der Waals surface area contributed by atoms with E-state index in [0.717, 1.165) is 11.5 Å². The number of halogens is 1. The molecule has 0 atom stereocenters. The Morgan fingerprint density at radius 3 is 3.10 bits per heavy atom. The van der Waals surface area contributed by atoms with E-state index in [0.29, 0.717) is 41.6 Å². The normalized spacial score (nSPS) is 14.4. The molecule has 20 heavy (non-hydrogen) atoms. The van der Waals surface area contributed by atoms with Gasteiger partial charge in [-0.15, -0.1) is 5.10 Å². The second-order valence-corrected chi connectivity index (χ2v) is 5.27. The van der Waals surface area contributed by atoms with Crippen molar-refractivity contribution in [1.82, 2.24) is 14.5 Å². The molecule has 2 aromatic rings. The second-order valence-electron chi connectivity index (χ2n) is 4.51. The number of ether oxygens (including phenoxy) is 1. The van der Waals surface area contributed by atoms with Gasteiger partial charge in [-0.1, -0.05) is 4.49 Å². The summed E-state index contributed by atoms with van der Waals surface area (Å²) in [6.45, 7) is 2.91. The molecule has 1 amide bonds. The van der Waals surface area contributed by atoms with Gasteiger partial charge in [0.25, 0.3) is 5.91 Å². The largest absolute Gasteiger partial charge is 0.491 e. The zero-order chi connectivity index (χ0) is 14.1. The number of nitrogens with zero attached hydrogens (tertiary/aromatic N) is 3. The zero-order valence-corrected chi connectivity index (χ0v) is 11.6. The molecule has 0 aliphatic carbocycles. The molecule has 0 fully saturated rings. The van der Waals surface area contributed by atoms with Crippen LogP contribution in [0.4, 0.5) is 4.39 Å². The molecule has 1 aliphatic heterocycles. The molecule has 0 saturated carbocycles. The maximum Gasteiger partial charge on any atom is 0.267 e. The Morgan fingerprint density at radius 2 is 2.35 bits per heavy atom. The molecule has 0 spiro atoms. The Morgan fingerprint density at radius 1 is 1.50 bits per heavy atom. The molecule has 104 valence electrons. The maximum atomic E-state index is 13.3. The van der Waals surface area contributed by atoms with Crippen molar-refractivity contribution in [2.75, 3.05) is 13.2 Å². The summed E-state index contributed by atoms with van der Waals surface area (Å²) in [4.78, 5) is 14.6. The van der Waals surface area contributed by atoms with Gasteiger partial charge in [-0.25, -0.2) is 4.39 Å². The van der Waals surface area contributed by atoms with E-state index in [9.17, 15) is 9.18 Å². The fourth-order valence-electron chi connectivity index (χ4n) is 2.11. The molecular formula is C13H12FN3O2S. The van der Waals surface area contributed by atoms with Crippen LogP contribution in [0.15, 0.2) is 18.2 Å². The second kappa shape index (κ2) is 5.16. The van der Waals surface area contributed by atoms with Crippen molar-refractivity contribution in [2.24, 2.45) is 0 Å². The summed E-state index contributed by atoms with van der Waals surface area (Å²) < 4.78 is 22.6. The summed E-state index contributed by atoms with van der Waals surface area (Å²) in [5.74, 6) is 0.149. The van der Waals surface area contributed by atoms with E-state index < -0.39 is 0 Å². The van der Waals surface area contributed by atoms with E-state index >= 15 is 0 Å². The third-order valence-electron chi connectivity index (χ3n) is 3.14. The molecule has 3 rings (SSSR count). The predicted octanol–water partition coefficient (Wildman–Crippen LogP) is 2.02. The minimum atomic E-state index is -0.336. The lowest BCUT2D eigenvalue weighted by atomic mass is 10.2. The van der Waals surface area contributed by atoms with Gasteiger partial charge in [0.2, 0.25) is 0 Å². The van der Waals surface area contributed by atoms with Crippen molar-refractivity contribution < 1.29 is 13.9 Å². The maximum absolute atomic E-state index is 13.3. The fourth-order valence-corrected chi connectivity index (χ4v) is 2.73. The average molecular weight is 293 g/mol.